The molecule has 2 aromatic rings. The number of halogens is 1. The van der Waals surface area contributed by atoms with Crippen molar-refractivity contribution >= 4 is 15.9 Å². The van der Waals surface area contributed by atoms with Crippen LogP contribution in [0.3, 0.4) is 0 Å². The molecule has 1 heterocycles. The van der Waals surface area contributed by atoms with Crippen molar-refractivity contribution in [3.05, 3.63) is 64.1 Å². The second-order valence-corrected chi connectivity index (χ2v) is 7.76. The molecule has 0 spiro atoms. The molecule has 4 rings (SSSR count). The summed E-state index contributed by atoms with van der Waals surface area (Å²) < 4.78 is 7.53. The Morgan fingerprint density at radius 2 is 1.92 bits per heavy atom. The SMILES string of the molecule is NCC1CCN(C2Cc3ccccc3C2Oc2ccc(Br)cc2)C1. The van der Waals surface area contributed by atoms with Gasteiger partial charge in [0.05, 0.1) is 6.04 Å². The number of nitrogens with zero attached hydrogens (tertiary/aromatic N) is 1. The van der Waals surface area contributed by atoms with Crippen molar-refractivity contribution < 1.29 is 4.74 Å². The van der Waals surface area contributed by atoms with Gasteiger partial charge in [0.15, 0.2) is 0 Å². The zero-order valence-electron chi connectivity index (χ0n) is 13.7. The van der Waals surface area contributed by atoms with Crippen LogP contribution in [0.15, 0.2) is 53.0 Å². The van der Waals surface area contributed by atoms with E-state index in [0.29, 0.717) is 12.0 Å². The summed E-state index contributed by atoms with van der Waals surface area (Å²) in [7, 11) is 0. The molecule has 0 saturated carbocycles. The minimum absolute atomic E-state index is 0.0962. The largest absolute Gasteiger partial charge is 0.484 e. The van der Waals surface area contributed by atoms with Gasteiger partial charge in [-0.3, -0.25) is 4.90 Å². The summed E-state index contributed by atoms with van der Waals surface area (Å²) in [6, 6.07) is 17.2. The lowest BCUT2D eigenvalue weighted by atomic mass is 10.1. The summed E-state index contributed by atoms with van der Waals surface area (Å²) in [6.45, 7) is 3.00. The van der Waals surface area contributed by atoms with Crippen LogP contribution in [-0.2, 0) is 6.42 Å². The lowest BCUT2D eigenvalue weighted by molar-refractivity contribution is 0.0917. The lowest BCUT2D eigenvalue weighted by Gasteiger charge is -2.30. The molecular formula is C20H23BrN2O. The molecular weight excluding hydrogens is 364 g/mol. The van der Waals surface area contributed by atoms with Crippen molar-refractivity contribution in [2.24, 2.45) is 11.7 Å². The van der Waals surface area contributed by atoms with Crippen molar-refractivity contribution in [2.45, 2.75) is 25.0 Å². The van der Waals surface area contributed by atoms with E-state index in [0.717, 1.165) is 36.3 Å². The van der Waals surface area contributed by atoms with Crippen LogP contribution in [0, 0.1) is 5.92 Å². The number of ether oxygens (including phenoxy) is 1. The molecule has 24 heavy (non-hydrogen) atoms. The average Bonchev–Trinajstić information content (AvgIpc) is 3.22. The molecule has 126 valence electrons. The zero-order valence-corrected chi connectivity index (χ0v) is 15.3. The number of likely N-dealkylation sites (tertiary alicyclic amines) is 1. The molecule has 1 fully saturated rings. The van der Waals surface area contributed by atoms with Crippen molar-refractivity contribution in [3.8, 4) is 5.75 Å². The molecule has 1 aliphatic heterocycles. The van der Waals surface area contributed by atoms with E-state index < -0.39 is 0 Å². The Kier molecular flexibility index (Phi) is 4.61. The molecule has 1 aliphatic carbocycles. The Balaban J connectivity index is 1.60. The maximum Gasteiger partial charge on any atom is 0.140 e. The van der Waals surface area contributed by atoms with E-state index >= 15 is 0 Å². The fraction of sp³-hybridized carbons (Fsp3) is 0.400. The van der Waals surface area contributed by atoms with Gasteiger partial charge in [0.25, 0.3) is 0 Å². The van der Waals surface area contributed by atoms with E-state index in [1.54, 1.807) is 0 Å². The number of fused-ring (bicyclic) bond motifs is 1. The van der Waals surface area contributed by atoms with Gasteiger partial charge in [-0.05, 0) is 67.2 Å². The molecule has 3 unspecified atom stereocenters. The minimum Gasteiger partial charge on any atom is -0.484 e. The van der Waals surface area contributed by atoms with E-state index in [4.69, 9.17) is 10.5 Å². The molecule has 2 aromatic carbocycles. The first-order valence-electron chi connectivity index (χ1n) is 8.68. The van der Waals surface area contributed by atoms with Crippen LogP contribution < -0.4 is 10.5 Å². The second kappa shape index (κ2) is 6.87. The first-order chi connectivity index (χ1) is 11.7. The van der Waals surface area contributed by atoms with Crippen LogP contribution in [0.5, 0.6) is 5.75 Å². The fourth-order valence-corrected chi connectivity index (χ4v) is 4.28. The third-order valence-electron chi connectivity index (χ3n) is 5.34. The van der Waals surface area contributed by atoms with E-state index in [1.165, 1.54) is 17.5 Å². The highest BCUT2D eigenvalue weighted by Gasteiger charge is 2.40. The summed E-state index contributed by atoms with van der Waals surface area (Å²) in [6.07, 6.45) is 2.36. The number of hydrogen-bond donors (Lipinski definition) is 1. The molecule has 4 heteroatoms. The van der Waals surface area contributed by atoms with Gasteiger partial charge < -0.3 is 10.5 Å². The van der Waals surface area contributed by atoms with Crippen molar-refractivity contribution in [3.63, 3.8) is 0 Å². The molecule has 0 bridgehead atoms. The van der Waals surface area contributed by atoms with Gasteiger partial charge in [-0.2, -0.15) is 0 Å². The first kappa shape index (κ1) is 16.1. The Hall–Kier alpha value is -1.36. The molecule has 0 amide bonds. The summed E-state index contributed by atoms with van der Waals surface area (Å²) in [5, 5.41) is 0. The summed E-state index contributed by atoms with van der Waals surface area (Å²) in [5.41, 5.74) is 8.64. The summed E-state index contributed by atoms with van der Waals surface area (Å²) in [4.78, 5) is 2.58. The minimum atomic E-state index is 0.0962. The monoisotopic (exact) mass is 386 g/mol. The van der Waals surface area contributed by atoms with E-state index in [1.807, 2.05) is 24.3 Å². The Labute approximate surface area is 151 Å². The zero-order chi connectivity index (χ0) is 16.5. The highest BCUT2D eigenvalue weighted by molar-refractivity contribution is 9.10. The van der Waals surface area contributed by atoms with E-state index in [-0.39, 0.29) is 6.10 Å². The van der Waals surface area contributed by atoms with Crippen molar-refractivity contribution in [2.75, 3.05) is 19.6 Å². The van der Waals surface area contributed by atoms with Gasteiger partial charge >= 0.3 is 0 Å². The lowest BCUT2D eigenvalue weighted by Crippen LogP contribution is -2.39. The molecule has 2 N–H and O–H groups in total. The molecule has 1 saturated heterocycles. The maximum absolute atomic E-state index is 6.46. The number of hydrogen-bond acceptors (Lipinski definition) is 3. The topological polar surface area (TPSA) is 38.5 Å². The molecule has 0 radical (unpaired) electrons. The standard InChI is InChI=1S/C20H23BrN2O/c21-16-5-7-17(8-6-16)24-20-18-4-2-1-3-15(18)11-19(20)23-10-9-14(12-22)13-23/h1-8,14,19-20H,9-13,22H2. The molecule has 3 nitrogen and oxygen atoms in total. The quantitative estimate of drug-likeness (QED) is 0.868. The summed E-state index contributed by atoms with van der Waals surface area (Å²) >= 11 is 3.49. The third kappa shape index (κ3) is 3.10. The van der Waals surface area contributed by atoms with E-state index in [9.17, 15) is 0 Å². The van der Waals surface area contributed by atoms with Gasteiger partial charge in [-0.1, -0.05) is 40.2 Å². The van der Waals surface area contributed by atoms with Crippen LogP contribution in [0.4, 0.5) is 0 Å². The number of benzene rings is 2. The Morgan fingerprint density at radius 3 is 2.67 bits per heavy atom. The predicted octanol–water partition coefficient (Wildman–Crippen LogP) is 3.77. The predicted molar refractivity (Wildman–Crippen MR) is 100 cm³/mol. The Morgan fingerprint density at radius 1 is 1.12 bits per heavy atom. The number of nitrogens with two attached hydrogens (primary N) is 1. The molecule has 0 aromatic heterocycles. The Bertz CT molecular complexity index is 703. The van der Waals surface area contributed by atoms with Gasteiger partial charge in [-0.15, -0.1) is 0 Å². The van der Waals surface area contributed by atoms with Crippen LogP contribution >= 0.6 is 15.9 Å². The van der Waals surface area contributed by atoms with Gasteiger partial charge in [0, 0.05) is 11.0 Å². The van der Waals surface area contributed by atoms with Crippen molar-refractivity contribution in [1.29, 1.82) is 0 Å². The van der Waals surface area contributed by atoms with Gasteiger partial charge in [-0.25, -0.2) is 0 Å². The van der Waals surface area contributed by atoms with Crippen LogP contribution in [0.25, 0.3) is 0 Å². The van der Waals surface area contributed by atoms with Crippen LogP contribution in [0.2, 0.25) is 0 Å². The maximum atomic E-state index is 6.46. The molecule has 3 atom stereocenters. The normalized spacial score (nSPS) is 26.5. The van der Waals surface area contributed by atoms with Crippen LogP contribution in [-0.4, -0.2) is 30.6 Å². The van der Waals surface area contributed by atoms with Gasteiger partial charge in [0.2, 0.25) is 0 Å². The van der Waals surface area contributed by atoms with Crippen molar-refractivity contribution in [1.82, 2.24) is 4.90 Å². The van der Waals surface area contributed by atoms with Gasteiger partial charge in [0.1, 0.15) is 11.9 Å². The first-order valence-corrected chi connectivity index (χ1v) is 9.48. The smallest absolute Gasteiger partial charge is 0.140 e. The highest BCUT2D eigenvalue weighted by Crippen LogP contribution is 2.39. The second-order valence-electron chi connectivity index (χ2n) is 6.85. The number of rotatable bonds is 4. The average molecular weight is 387 g/mol. The third-order valence-corrected chi connectivity index (χ3v) is 5.87. The summed E-state index contributed by atoms with van der Waals surface area (Å²) in [5.74, 6) is 1.56. The van der Waals surface area contributed by atoms with E-state index in [2.05, 4.69) is 45.1 Å². The molecule has 2 aliphatic rings. The highest BCUT2D eigenvalue weighted by atomic mass is 79.9. The van der Waals surface area contributed by atoms with Crippen LogP contribution in [0.1, 0.15) is 23.7 Å². The fourth-order valence-electron chi connectivity index (χ4n) is 4.02.